The van der Waals surface area contributed by atoms with Crippen molar-refractivity contribution in [3.8, 4) is 0 Å². The van der Waals surface area contributed by atoms with E-state index in [1.165, 1.54) is 0 Å². The van der Waals surface area contributed by atoms with Crippen molar-refractivity contribution in [3.63, 3.8) is 0 Å². The van der Waals surface area contributed by atoms with E-state index in [-0.39, 0.29) is 0 Å². The Morgan fingerprint density at radius 3 is 1.46 bits per heavy atom. The van der Waals surface area contributed by atoms with Crippen LogP contribution in [0.3, 0.4) is 0 Å². The molecule has 2 fully saturated rings. The minimum absolute atomic E-state index is 0.433. The maximum absolute atomic E-state index is 12.0. The van der Waals surface area contributed by atoms with Crippen molar-refractivity contribution < 1.29 is 76.5 Å². The average Bonchev–Trinajstić information content (AvgIpc) is 2.83. The predicted octanol–water partition coefficient (Wildman–Crippen LogP) is -1.03. The summed E-state index contributed by atoms with van der Waals surface area (Å²) in [6.45, 7) is 5.59. The van der Waals surface area contributed by atoms with E-state index in [1.54, 1.807) is 0 Å². The van der Waals surface area contributed by atoms with Gasteiger partial charge in [-0.2, -0.15) is 12.6 Å². The van der Waals surface area contributed by atoms with Gasteiger partial charge in [-0.3, -0.25) is 28.8 Å². The molecule has 0 unspecified atom stereocenters. The Kier molecular flexibility index (Phi) is 12.8. The molecule has 0 saturated carbocycles. The van der Waals surface area contributed by atoms with Crippen LogP contribution in [0.4, 0.5) is 0 Å². The highest BCUT2D eigenvalue weighted by molar-refractivity contribution is 7.81. The summed E-state index contributed by atoms with van der Waals surface area (Å²) in [5.41, 5.74) is 0. The molecule has 2 rings (SSSR count). The predicted molar refractivity (Wildman–Crippen MR) is 133 cm³/mol. The molecule has 0 amide bonds. The van der Waals surface area contributed by atoms with Crippen molar-refractivity contribution in [2.45, 2.75) is 102 Å². The van der Waals surface area contributed by atoms with Crippen LogP contribution in [0.1, 0.15) is 41.5 Å². The molecule has 0 spiro atoms. The molecule has 0 aliphatic carbocycles. The first kappa shape index (κ1) is 34.2. The minimum Gasteiger partial charge on any atom is -0.463 e. The summed E-state index contributed by atoms with van der Waals surface area (Å²) in [6.07, 6.45) is -13.2. The Morgan fingerprint density at radius 2 is 1.00 bits per heavy atom. The number of rotatable bonds is 10. The molecule has 232 valence electrons. The molecule has 0 aromatic carbocycles. The van der Waals surface area contributed by atoms with Gasteiger partial charge in [0.25, 0.3) is 0 Å². The van der Waals surface area contributed by atoms with Gasteiger partial charge < -0.3 is 47.7 Å². The molecule has 17 heteroatoms. The fourth-order valence-electron chi connectivity index (χ4n) is 4.18. The van der Waals surface area contributed by atoms with E-state index < -0.39 is 110 Å². The minimum atomic E-state index is -1.84. The maximum Gasteiger partial charge on any atom is 0.303 e. The summed E-state index contributed by atoms with van der Waals surface area (Å²) in [7, 11) is 0. The fourth-order valence-corrected chi connectivity index (χ4v) is 4.64. The highest BCUT2D eigenvalue weighted by atomic mass is 32.1. The van der Waals surface area contributed by atoms with Crippen molar-refractivity contribution in [3.05, 3.63) is 0 Å². The number of aliphatic hydroxyl groups is 1. The first-order valence-electron chi connectivity index (χ1n) is 12.4. The van der Waals surface area contributed by atoms with E-state index in [1.807, 2.05) is 0 Å². The van der Waals surface area contributed by atoms with Crippen LogP contribution in [0.25, 0.3) is 0 Å². The number of thiol groups is 1. The zero-order valence-electron chi connectivity index (χ0n) is 23.2. The molecule has 0 radical (unpaired) electrons. The Morgan fingerprint density at radius 1 is 0.585 bits per heavy atom. The normalized spacial score (nSPS) is 33.1. The Hall–Kier alpha value is -2.99. The van der Waals surface area contributed by atoms with Crippen LogP contribution in [0.5, 0.6) is 0 Å². The smallest absolute Gasteiger partial charge is 0.303 e. The van der Waals surface area contributed by atoms with Crippen LogP contribution in [-0.4, -0.2) is 115 Å². The van der Waals surface area contributed by atoms with Gasteiger partial charge in [0.15, 0.2) is 30.9 Å². The summed E-state index contributed by atoms with van der Waals surface area (Å²) in [5, 5.41) is 9.45. The molecule has 2 heterocycles. The second kappa shape index (κ2) is 15.3. The van der Waals surface area contributed by atoms with Crippen LogP contribution in [0.15, 0.2) is 0 Å². The lowest BCUT2D eigenvalue weighted by Crippen LogP contribution is -2.66. The lowest BCUT2D eigenvalue weighted by atomic mass is 9.97. The Balaban J connectivity index is 2.54. The summed E-state index contributed by atoms with van der Waals surface area (Å²) < 4.78 is 48.8. The van der Waals surface area contributed by atoms with Gasteiger partial charge in [0.1, 0.15) is 37.6 Å². The Labute approximate surface area is 240 Å². The van der Waals surface area contributed by atoms with Crippen LogP contribution >= 0.6 is 12.6 Å². The number of aliphatic hydroxyl groups excluding tert-OH is 1. The monoisotopic (exact) mass is 610 g/mol. The van der Waals surface area contributed by atoms with Crippen LogP contribution in [0.2, 0.25) is 0 Å². The molecule has 2 aliphatic rings. The van der Waals surface area contributed by atoms with Gasteiger partial charge in [-0.1, -0.05) is 0 Å². The zero-order chi connectivity index (χ0) is 31.0. The topological polar surface area (TPSA) is 206 Å². The van der Waals surface area contributed by atoms with Gasteiger partial charge in [0, 0.05) is 41.5 Å². The molecule has 41 heavy (non-hydrogen) atoms. The molecule has 1 N–H and O–H groups in total. The molecule has 16 nitrogen and oxygen atoms in total. The third kappa shape index (κ3) is 10.1. The van der Waals surface area contributed by atoms with Gasteiger partial charge in [-0.05, 0) is 0 Å². The molecule has 2 saturated heterocycles. The standard InChI is InChI=1S/C24H34O16S/c1-9(25)32-7-15-17(19(35-12(4)28)20(23(31)38-15)36-13(5)29)40-24-21(37-14(6)30)22(41)18(34-11(3)27)16(39-24)8-33-10(2)26/h15-24,31,41H,7-8H2,1-6H3/t15-,16-,17-,18-,19+,20-,21-,22+,23-,24-/m1/s1. The number of carbonyl (C=O) groups is 6. The van der Waals surface area contributed by atoms with E-state index in [4.69, 9.17) is 42.6 Å². The van der Waals surface area contributed by atoms with E-state index in [0.29, 0.717) is 0 Å². The molecule has 0 aromatic heterocycles. The van der Waals surface area contributed by atoms with Gasteiger partial charge in [0.2, 0.25) is 0 Å². The van der Waals surface area contributed by atoms with Gasteiger partial charge >= 0.3 is 35.8 Å². The third-order valence-electron chi connectivity index (χ3n) is 5.63. The average molecular weight is 611 g/mol. The number of hydrogen-bond acceptors (Lipinski definition) is 17. The first-order valence-corrected chi connectivity index (χ1v) is 12.9. The van der Waals surface area contributed by atoms with Gasteiger partial charge in [0.05, 0.1) is 5.25 Å². The number of carbonyl (C=O) groups excluding carboxylic acids is 6. The highest BCUT2D eigenvalue weighted by Crippen LogP contribution is 2.35. The molecule has 0 bridgehead atoms. The fraction of sp³-hybridized carbons (Fsp3) is 0.750. The maximum atomic E-state index is 12.0. The molecule has 0 aromatic rings. The van der Waals surface area contributed by atoms with Gasteiger partial charge in [-0.25, -0.2) is 0 Å². The Bertz CT molecular complexity index is 985. The number of esters is 6. The van der Waals surface area contributed by atoms with E-state index in [2.05, 4.69) is 12.6 Å². The molecular formula is C24H34O16S. The second-order valence-electron chi connectivity index (χ2n) is 9.10. The van der Waals surface area contributed by atoms with Crippen LogP contribution in [0, 0.1) is 0 Å². The lowest BCUT2D eigenvalue weighted by molar-refractivity contribution is -0.345. The van der Waals surface area contributed by atoms with Gasteiger partial charge in [-0.15, -0.1) is 0 Å². The third-order valence-corrected chi connectivity index (χ3v) is 6.21. The highest BCUT2D eigenvalue weighted by Gasteiger charge is 2.55. The summed E-state index contributed by atoms with van der Waals surface area (Å²) in [6, 6.07) is 0. The van der Waals surface area contributed by atoms with Crippen molar-refractivity contribution in [2.75, 3.05) is 13.2 Å². The van der Waals surface area contributed by atoms with Crippen molar-refractivity contribution in [1.82, 2.24) is 0 Å². The number of hydrogen-bond donors (Lipinski definition) is 2. The largest absolute Gasteiger partial charge is 0.463 e. The lowest BCUT2D eigenvalue weighted by Gasteiger charge is -2.47. The first-order chi connectivity index (χ1) is 19.1. The summed E-state index contributed by atoms with van der Waals surface area (Å²) >= 11 is 4.48. The van der Waals surface area contributed by atoms with E-state index >= 15 is 0 Å². The summed E-state index contributed by atoms with van der Waals surface area (Å²) in [4.78, 5) is 70.7. The zero-order valence-corrected chi connectivity index (χ0v) is 24.1. The molecule has 2 aliphatic heterocycles. The van der Waals surface area contributed by atoms with Crippen molar-refractivity contribution >= 4 is 48.4 Å². The van der Waals surface area contributed by atoms with Crippen molar-refractivity contribution in [2.24, 2.45) is 0 Å². The second-order valence-corrected chi connectivity index (χ2v) is 9.70. The number of ether oxygens (including phenoxy) is 9. The summed E-state index contributed by atoms with van der Waals surface area (Å²) in [5.74, 6) is -4.66. The quantitative estimate of drug-likeness (QED) is 0.172. The van der Waals surface area contributed by atoms with E-state index in [0.717, 1.165) is 41.5 Å². The van der Waals surface area contributed by atoms with Crippen LogP contribution < -0.4 is 0 Å². The molecular weight excluding hydrogens is 576 g/mol. The van der Waals surface area contributed by atoms with Crippen molar-refractivity contribution in [1.29, 1.82) is 0 Å². The molecule has 10 atom stereocenters. The van der Waals surface area contributed by atoms with Crippen LogP contribution in [-0.2, 0) is 71.4 Å². The SMILES string of the molecule is CC(=O)OC[C@H]1O[C@H](O[C@H]2[C@H](OC(C)=O)[C@@H](OC(C)=O)[C@H](O)O[C@@H]2COC(C)=O)[C@H](OC(C)=O)[C@@H](S)[C@@H]1OC(C)=O. The van der Waals surface area contributed by atoms with E-state index in [9.17, 15) is 33.9 Å².